The fraction of sp³-hybridized carbons (Fsp3) is 0.277. The lowest BCUT2D eigenvalue weighted by molar-refractivity contribution is 0.845. The van der Waals surface area contributed by atoms with Gasteiger partial charge in [-0.1, -0.05) is 123 Å². The molecular weight excluding hydrogens is 593 g/mol. The SMILES string of the molecule is C#C.C#CC.C/C=C\C.C=C/C=C\C1=C\N(c2cc(-c3ccccc3)cc(N(CC=C)/C(C)=C(/C)CC=C)c2)C(C)/C=C\C/C=C\C1.CC. The number of allylic oxidation sites excluding steroid dienone is 12. The van der Waals surface area contributed by atoms with Gasteiger partial charge in [-0.15, -0.1) is 38.3 Å². The predicted octanol–water partition coefficient (Wildman–Crippen LogP) is 13.4. The van der Waals surface area contributed by atoms with E-state index in [9.17, 15) is 0 Å². The van der Waals surface area contributed by atoms with Crippen LogP contribution in [0.25, 0.3) is 11.1 Å². The highest BCUT2D eigenvalue weighted by Gasteiger charge is 2.17. The van der Waals surface area contributed by atoms with Gasteiger partial charge in [0, 0.05) is 35.9 Å². The van der Waals surface area contributed by atoms with Crippen LogP contribution in [0.5, 0.6) is 0 Å². The van der Waals surface area contributed by atoms with E-state index in [-0.39, 0.29) is 6.04 Å². The van der Waals surface area contributed by atoms with Crippen LogP contribution < -0.4 is 9.80 Å². The molecule has 49 heavy (non-hydrogen) atoms. The van der Waals surface area contributed by atoms with E-state index in [0.717, 1.165) is 37.2 Å². The first-order valence-corrected chi connectivity index (χ1v) is 17.1. The summed E-state index contributed by atoms with van der Waals surface area (Å²) in [7, 11) is 0. The van der Waals surface area contributed by atoms with E-state index in [1.807, 2.05) is 64.2 Å². The van der Waals surface area contributed by atoms with Crippen molar-refractivity contribution in [2.24, 2.45) is 0 Å². The zero-order valence-electron chi connectivity index (χ0n) is 31.7. The summed E-state index contributed by atoms with van der Waals surface area (Å²) in [4.78, 5) is 4.74. The molecule has 1 heterocycles. The molecule has 0 saturated carbocycles. The van der Waals surface area contributed by atoms with Crippen molar-refractivity contribution < 1.29 is 0 Å². The summed E-state index contributed by atoms with van der Waals surface area (Å²) in [5.41, 5.74) is 8.43. The van der Waals surface area contributed by atoms with Gasteiger partial charge in [0.15, 0.2) is 0 Å². The summed E-state index contributed by atoms with van der Waals surface area (Å²) in [6.45, 7) is 28.9. The number of hydrogen-bond acceptors (Lipinski definition) is 2. The van der Waals surface area contributed by atoms with Crippen molar-refractivity contribution in [1.82, 2.24) is 0 Å². The number of hydrogen-bond donors (Lipinski definition) is 0. The van der Waals surface area contributed by atoms with Gasteiger partial charge >= 0.3 is 0 Å². The minimum absolute atomic E-state index is 0.180. The Hall–Kier alpha value is -5.18. The summed E-state index contributed by atoms with van der Waals surface area (Å²) in [5, 5.41) is 0. The smallest absolute Gasteiger partial charge is 0.0488 e. The zero-order valence-corrected chi connectivity index (χ0v) is 31.7. The normalized spacial score (nSPS) is 16.3. The summed E-state index contributed by atoms with van der Waals surface area (Å²) in [5.74, 6) is 2.25. The molecule has 1 aliphatic heterocycles. The Bertz CT molecular complexity index is 1460. The number of anilines is 2. The van der Waals surface area contributed by atoms with Crippen molar-refractivity contribution in [3.8, 4) is 36.3 Å². The van der Waals surface area contributed by atoms with Crippen LogP contribution in [0.2, 0.25) is 0 Å². The van der Waals surface area contributed by atoms with Crippen molar-refractivity contribution in [3.05, 3.63) is 158 Å². The molecule has 0 spiro atoms. The molecular formula is C47H62N2. The lowest BCUT2D eigenvalue weighted by Crippen LogP contribution is -2.28. The molecule has 1 atom stereocenters. The first-order chi connectivity index (χ1) is 23.8. The Labute approximate surface area is 302 Å². The second-order valence-electron chi connectivity index (χ2n) is 10.6. The van der Waals surface area contributed by atoms with Gasteiger partial charge in [-0.05, 0) is 95.7 Å². The second kappa shape index (κ2) is 30.2. The van der Waals surface area contributed by atoms with Crippen molar-refractivity contribution in [2.75, 3.05) is 16.3 Å². The van der Waals surface area contributed by atoms with Crippen molar-refractivity contribution in [3.63, 3.8) is 0 Å². The standard InChI is InChI=1S/C36H42N2.C4H8.C3H4.C2H6.C2H2/c1-7-10-20-32-21-15-12-11-14-19-30(5)38(28-32)36-26-34(33-22-16-13-17-23-33)25-35(27-36)37(24-9-3)31(6)29(4)18-8-2;1-3-4-2;1-3-2;2*1-2/h7-10,12-17,19-20,22-23,25-28,30H,1-3,11,18,21,24H2,4-6H3;3-4H,1-2H3;1H,2H3;1-2H3;1-2H/b15-12-,19-14-,20-10-,31-29-,32-28-;4-3-;;;. The first-order valence-electron chi connectivity index (χ1n) is 17.1. The van der Waals surface area contributed by atoms with E-state index in [4.69, 9.17) is 0 Å². The molecule has 260 valence electrons. The van der Waals surface area contributed by atoms with E-state index in [1.165, 1.54) is 28.0 Å². The van der Waals surface area contributed by atoms with Gasteiger partial charge in [0.05, 0.1) is 0 Å². The number of nitrogens with zero attached hydrogens (tertiary/aromatic N) is 2. The summed E-state index contributed by atoms with van der Waals surface area (Å²) in [6.07, 6.45) is 40.5. The molecule has 3 rings (SSSR count). The van der Waals surface area contributed by atoms with Crippen LogP contribution in [-0.2, 0) is 0 Å². The highest BCUT2D eigenvalue weighted by Crippen LogP contribution is 2.35. The topological polar surface area (TPSA) is 6.48 Å². The average Bonchev–Trinajstić information content (AvgIpc) is 3.14. The van der Waals surface area contributed by atoms with Gasteiger partial charge in [-0.25, -0.2) is 0 Å². The molecule has 0 saturated heterocycles. The van der Waals surface area contributed by atoms with Gasteiger partial charge in [0.2, 0.25) is 0 Å². The Morgan fingerprint density at radius 2 is 1.57 bits per heavy atom. The Kier molecular flexibility index (Phi) is 28.3. The molecule has 2 aromatic rings. The lowest BCUT2D eigenvalue weighted by atomic mass is 10.0. The van der Waals surface area contributed by atoms with Gasteiger partial charge in [-0.2, -0.15) is 0 Å². The van der Waals surface area contributed by atoms with Gasteiger partial charge < -0.3 is 9.80 Å². The van der Waals surface area contributed by atoms with E-state index >= 15 is 0 Å². The number of benzene rings is 2. The molecule has 0 aliphatic carbocycles. The summed E-state index contributed by atoms with van der Waals surface area (Å²) in [6, 6.07) is 17.7. The molecule has 1 unspecified atom stereocenters. The minimum Gasteiger partial charge on any atom is -0.342 e. The predicted molar refractivity (Wildman–Crippen MR) is 226 cm³/mol. The van der Waals surface area contributed by atoms with Gasteiger partial charge in [0.1, 0.15) is 0 Å². The quantitative estimate of drug-likeness (QED) is 0.143. The maximum absolute atomic E-state index is 4.60. The fourth-order valence-corrected chi connectivity index (χ4v) is 4.58. The van der Waals surface area contributed by atoms with Crippen LogP contribution in [-0.4, -0.2) is 12.6 Å². The average molecular weight is 655 g/mol. The van der Waals surface area contributed by atoms with Crippen LogP contribution in [0.3, 0.4) is 0 Å². The molecule has 2 heteroatoms. The highest BCUT2D eigenvalue weighted by molar-refractivity contribution is 5.77. The molecule has 0 aromatic heterocycles. The minimum atomic E-state index is 0.180. The molecule has 0 amide bonds. The highest BCUT2D eigenvalue weighted by atomic mass is 15.2. The van der Waals surface area contributed by atoms with Crippen molar-refractivity contribution in [1.29, 1.82) is 0 Å². The van der Waals surface area contributed by atoms with E-state index in [2.05, 4.69) is 161 Å². The van der Waals surface area contributed by atoms with Crippen LogP contribution in [0.1, 0.15) is 74.7 Å². The molecule has 0 N–H and O–H groups in total. The van der Waals surface area contributed by atoms with Crippen LogP contribution in [0, 0.1) is 25.2 Å². The molecule has 0 fully saturated rings. The molecule has 2 aromatic carbocycles. The third-order valence-electron chi connectivity index (χ3n) is 7.13. The second-order valence-corrected chi connectivity index (χ2v) is 10.6. The summed E-state index contributed by atoms with van der Waals surface area (Å²) < 4.78 is 0. The van der Waals surface area contributed by atoms with E-state index < -0.39 is 0 Å². The Balaban J connectivity index is 0. The van der Waals surface area contributed by atoms with Gasteiger partial charge in [-0.3, -0.25) is 0 Å². The van der Waals surface area contributed by atoms with Crippen LogP contribution in [0.15, 0.2) is 158 Å². The zero-order chi connectivity index (χ0) is 37.5. The maximum atomic E-state index is 4.60. The largest absolute Gasteiger partial charge is 0.342 e. The fourth-order valence-electron chi connectivity index (χ4n) is 4.58. The monoisotopic (exact) mass is 654 g/mol. The molecule has 0 bridgehead atoms. The number of rotatable bonds is 10. The number of terminal acetylenes is 2. The third-order valence-corrected chi connectivity index (χ3v) is 7.13. The lowest BCUT2D eigenvalue weighted by Gasteiger charge is -2.31. The van der Waals surface area contributed by atoms with Crippen LogP contribution >= 0.6 is 0 Å². The molecule has 0 radical (unpaired) electrons. The first kappa shape index (κ1) is 45.9. The van der Waals surface area contributed by atoms with E-state index in [1.54, 1.807) is 6.92 Å². The van der Waals surface area contributed by atoms with Crippen molar-refractivity contribution >= 4 is 11.4 Å². The van der Waals surface area contributed by atoms with Gasteiger partial charge in [0.25, 0.3) is 0 Å². The van der Waals surface area contributed by atoms with E-state index in [0.29, 0.717) is 0 Å². The molecule has 1 aliphatic rings. The van der Waals surface area contributed by atoms with Crippen LogP contribution in [0.4, 0.5) is 11.4 Å². The third kappa shape index (κ3) is 18.1. The van der Waals surface area contributed by atoms with Crippen molar-refractivity contribution in [2.45, 2.75) is 80.7 Å². The summed E-state index contributed by atoms with van der Waals surface area (Å²) >= 11 is 0. The molecule has 2 nitrogen and oxygen atoms in total. The Morgan fingerprint density at radius 1 is 0.939 bits per heavy atom. The maximum Gasteiger partial charge on any atom is 0.0488 e. The Morgan fingerprint density at radius 3 is 2.12 bits per heavy atom.